The lowest BCUT2D eigenvalue weighted by atomic mass is 10.2. The molecule has 0 saturated carbocycles. The topological polar surface area (TPSA) is 69.4 Å². The summed E-state index contributed by atoms with van der Waals surface area (Å²) in [6, 6.07) is 7.77. The van der Waals surface area contributed by atoms with Crippen molar-refractivity contribution in [3.05, 3.63) is 45.5 Å². The Morgan fingerprint density at radius 2 is 2.12 bits per heavy atom. The minimum atomic E-state index is -0.362. The molecular formula is C16H11BrN4O2S. The van der Waals surface area contributed by atoms with Gasteiger partial charge in [-0.05, 0) is 24.6 Å². The molecule has 0 aliphatic carbocycles. The number of thiophene rings is 1. The second-order valence-electron chi connectivity index (χ2n) is 5.16. The summed E-state index contributed by atoms with van der Waals surface area (Å²) < 4.78 is 7.40. The van der Waals surface area contributed by atoms with Gasteiger partial charge < -0.3 is 4.74 Å². The number of esters is 1. The van der Waals surface area contributed by atoms with Crippen molar-refractivity contribution >= 4 is 49.1 Å². The molecule has 120 valence electrons. The molecule has 0 N–H and O–H groups in total. The number of nitrogens with zero attached hydrogens (tertiary/aromatic N) is 4. The van der Waals surface area contributed by atoms with Crippen molar-refractivity contribution in [1.29, 1.82) is 0 Å². The fourth-order valence-electron chi connectivity index (χ4n) is 2.58. The van der Waals surface area contributed by atoms with Crippen LogP contribution >= 0.6 is 27.3 Å². The monoisotopic (exact) mass is 402 g/mol. The number of ether oxygens (including phenoxy) is 1. The van der Waals surface area contributed by atoms with Gasteiger partial charge >= 0.3 is 5.97 Å². The van der Waals surface area contributed by atoms with Gasteiger partial charge in [0.25, 0.3) is 0 Å². The number of carbonyl (C=O) groups is 1. The number of aromatic nitrogens is 4. The van der Waals surface area contributed by atoms with Crippen molar-refractivity contribution in [2.75, 3.05) is 7.11 Å². The fourth-order valence-corrected chi connectivity index (χ4v) is 4.10. The maximum absolute atomic E-state index is 11.9. The number of methoxy groups -OCH3 is 1. The van der Waals surface area contributed by atoms with Crippen LogP contribution in [0.5, 0.6) is 0 Å². The summed E-state index contributed by atoms with van der Waals surface area (Å²) in [6.45, 7) is 1.87. The number of fused-ring (bicyclic) bond motifs is 3. The third kappa shape index (κ3) is 2.22. The Morgan fingerprint density at radius 3 is 2.88 bits per heavy atom. The van der Waals surface area contributed by atoms with Gasteiger partial charge in [-0.3, -0.25) is 0 Å². The minimum Gasteiger partial charge on any atom is -0.465 e. The van der Waals surface area contributed by atoms with Crippen LogP contribution in [0.15, 0.2) is 35.1 Å². The molecule has 0 aliphatic heterocycles. The second-order valence-corrected chi connectivity index (χ2v) is 7.01. The number of halogens is 1. The highest BCUT2D eigenvalue weighted by molar-refractivity contribution is 9.10. The summed E-state index contributed by atoms with van der Waals surface area (Å²) in [6.07, 6.45) is 1.61. The summed E-state index contributed by atoms with van der Waals surface area (Å²) >= 11 is 4.83. The first-order chi connectivity index (χ1) is 11.6. The van der Waals surface area contributed by atoms with Crippen LogP contribution in [0.4, 0.5) is 0 Å². The smallest absolute Gasteiger partial charge is 0.348 e. The molecule has 3 aromatic heterocycles. The van der Waals surface area contributed by atoms with Crippen molar-refractivity contribution in [2.45, 2.75) is 6.92 Å². The standard InChI is InChI=1S/C16H11BrN4O2S/c1-8-11-14-19-13(9-5-3-4-6-10(9)17)20-21(14)7-18-15(11)24-12(8)16(22)23-2/h3-7H,1-2H3. The normalized spacial score (nSPS) is 11.3. The highest BCUT2D eigenvalue weighted by Gasteiger charge is 2.21. The third-order valence-corrected chi connectivity index (χ3v) is 5.62. The van der Waals surface area contributed by atoms with E-state index in [-0.39, 0.29) is 5.97 Å². The van der Waals surface area contributed by atoms with Crippen LogP contribution in [-0.4, -0.2) is 32.7 Å². The number of aryl methyl sites for hydroxylation is 1. The molecule has 0 atom stereocenters. The van der Waals surface area contributed by atoms with E-state index in [4.69, 9.17) is 4.74 Å². The minimum absolute atomic E-state index is 0.362. The lowest BCUT2D eigenvalue weighted by Crippen LogP contribution is -1.99. The molecule has 0 saturated heterocycles. The van der Waals surface area contributed by atoms with E-state index in [1.165, 1.54) is 18.4 Å². The highest BCUT2D eigenvalue weighted by Crippen LogP contribution is 2.33. The van der Waals surface area contributed by atoms with Crippen LogP contribution in [0.1, 0.15) is 15.2 Å². The SMILES string of the molecule is COC(=O)c1sc2ncn3nc(-c4ccccc4Br)nc3c2c1C. The van der Waals surface area contributed by atoms with E-state index in [0.717, 1.165) is 25.8 Å². The number of hydrogen-bond donors (Lipinski definition) is 0. The predicted octanol–water partition coefficient (Wildman–Crippen LogP) is 3.86. The summed E-state index contributed by atoms with van der Waals surface area (Å²) in [4.78, 5) is 22.3. The Labute approximate surface area is 149 Å². The van der Waals surface area contributed by atoms with Gasteiger partial charge in [0.15, 0.2) is 11.5 Å². The van der Waals surface area contributed by atoms with E-state index in [9.17, 15) is 4.79 Å². The largest absolute Gasteiger partial charge is 0.465 e. The van der Waals surface area contributed by atoms with Crippen molar-refractivity contribution < 1.29 is 9.53 Å². The molecule has 4 aromatic rings. The Hall–Kier alpha value is -2.32. The molecule has 8 heteroatoms. The van der Waals surface area contributed by atoms with Gasteiger partial charge in [0.1, 0.15) is 16.0 Å². The molecule has 0 spiro atoms. The Kier molecular flexibility index (Phi) is 3.58. The van der Waals surface area contributed by atoms with Crippen molar-refractivity contribution in [2.24, 2.45) is 0 Å². The molecule has 0 aliphatic rings. The van der Waals surface area contributed by atoms with Gasteiger partial charge in [-0.1, -0.05) is 28.1 Å². The van der Waals surface area contributed by atoms with Gasteiger partial charge in [0.05, 0.1) is 12.5 Å². The van der Waals surface area contributed by atoms with Gasteiger partial charge in [-0.2, -0.15) is 0 Å². The molecule has 24 heavy (non-hydrogen) atoms. The van der Waals surface area contributed by atoms with Gasteiger partial charge in [-0.15, -0.1) is 16.4 Å². The summed E-state index contributed by atoms with van der Waals surface area (Å²) in [5, 5.41) is 5.34. The average molecular weight is 403 g/mol. The summed E-state index contributed by atoms with van der Waals surface area (Å²) in [7, 11) is 1.37. The predicted molar refractivity (Wildman–Crippen MR) is 95.4 cm³/mol. The zero-order valence-electron chi connectivity index (χ0n) is 12.8. The summed E-state index contributed by atoms with van der Waals surface area (Å²) in [5.74, 6) is 0.237. The molecule has 0 unspecified atom stereocenters. The molecule has 0 amide bonds. The molecule has 3 heterocycles. The van der Waals surface area contributed by atoms with Crippen molar-refractivity contribution in [3.63, 3.8) is 0 Å². The van der Waals surface area contributed by atoms with E-state index in [2.05, 4.69) is 31.0 Å². The molecule has 0 bridgehead atoms. The average Bonchev–Trinajstić information content (AvgIpc) is 3.15. The van der Waals surface area contributed by atoms with Crippen LogP contribution in [0, 0.1) is 6.92 Å². The molecule has 0 radical (unpaired) electrons. The number of carbonyl (C=O) groups excluding carboxylic acids is 1. The Morgan fingerprint density at radius 1 is 1.33 bits per heavy atom. The first-order valence-corrected chi connectivity index (χ1v) is 8.69. The molecule has 0 fully saturated rings. The maximum atomic E-state index is 11.9. The van der Waals surface area contributed by atoms with Crippen molar-refractivity contribution in [1.82, 2.24) is 19.6 Å². The van der Waals surface area contributed by atoms with Gasteiger partial charge in [0, 0.05) is 10.0 Å². The number of benzene rings is 1. The highest BCUT2D eigenvalue weighted by atomic mass is 79.9. The van der Waals surface area contributed by atoms with Crippen molar-refractivity contribution in [3.8, 4) is 11.4 Å². The van der Waals surface area contributed by atoms with E-state index in [0.29, 0.717) is 16.3 Å². The van der Waals surface area contributed by atoms with E-state index >= 15 is 0 Å². The van der Waals surface area contributed by atoms with Crippen LogP contribution in [0.2, 0.25) is 0 Å². The van der Waals surface area contributed by atoms with Crippen LogP contribution in [0.3, 0.4) is 0 Å². The third-order valence-electron chi connectivity index (χ3n) is 3.75. The lowest BCUT2D eigenvalue weighted by Gasteiger charge is -1.97. The first-order valence-electron chi connectivity index (χ1n) is 7.08. The van der Waals surface area contributed by atoms with Crippen LogP contribution in [-0.2, 0) is 4.74 Å². The quantitative estimate of drug-likeness (QED) is 0.476. The molecule has 4 rings (SSSR count). The van der Waals surface area contributed by atoms with E-state index in [1.807, 2.05) is 31.2 Å². The molecule has 1 aromatic carbocycles. The van der Waals surface area contributed by atoms with Crippen LogP contribution in [0.25, 0.3) is 27.3 Å². The van der Waals surface area contributed by atoms with Gasteiger partial charge in [-0.25, -0.2) is 19.3 Å². The molecule has 6 nitrogen and oxygen atoms in total. The zero-order chi connectivity index (χ0) is 16.8. The number of hydrogen-bond acceptors (Lipinski definition) is 6. The van der Waals surface area contributed by atoms with Gasteiger partial charge in [0.2, 0.25) is 0 Å². The first kappa shape index (κ1) is 15.2. The number of rotatable bonds is 2. The maximum Gasteiger partial charge on any atom is 0.348 e. The summed E-state index contributed by atoms with van der Waals surface area (Å²) in [5.41, 5.74) is 2.39. The Balaban J connectivity index is 2.00. The fraction of sp³-hybridized carbons (Fsp3) is 0.125. The van der Waals surface area contributed by atoms with E-state index < -0.39 is 0 Å². The second kappa shape index (κ2) is 5.64. The van der Waals surface area contributed by atoms with Crippen LogP contribution < -0.4 is 0 Å². The lowest BCUT2D eigenvalue weighted by molar-refractivity contribution is 0.0605. The zero-order valence-corrected chi connectivity index (χ0v) is 15.2. The van der Waals surface area contributed by atoms with E-state index in [1.54, 1.807) is 10.8 Å². The Bertz CT molecular complexity index is 1100. The molecular weight excluding hydrogens is 392 g/mol.